The SMILES string of the molecule is CCn1cnn(C(C)(C)C)c1=O. The monoisotopic (exact) mass is 169 g/mol. The first kappa shape index (κ1) is 9.03. The molecule has 0 aliphatic heterocycles. The number of aryl methyl sites for hydroxylation is 1. The standard InChI is InChI=1S/C8H15N3O/c1-5-10-6-9-11(7(10)12)8(2,3)4/h6H,5H2,1-4H3. The van der Waals surface area contributed by atoms with Crippen molar-refractivity contribution in [3.8, 4) is 0 Å². The van der Waals surface area contributed by atoms with Crippen LogP contribution in [0.4, 0.5) is 0 Å². The molecule has 0 aliphatic carbocycles. The first-order valence-electron chi connectivity index (χ1n) is 4.11. The fraction of sp³-hybridized carbons (Fsp3) is 0.750. The van der Waals surface area contributed by atoms with Crippen LogP contribution in [0.25, 0.3) is 0 Å². The Bertz CT molecular complexity index is 316. The maximum absolute atomic E-state index is 11.5. The summed E-state index contributed by atoms with van der Waals surface area (Å²) in [6.45, 7) is 8.48. The van der Waals surface area contributed by atoms with E-state index >= 15 is 0 Å². The predicted molar refractivity (Wildman–Crippen MR) is 47.2 cm³/mol. The fourth-order valence-electron chi connectivity index (χ4n) is 1.01. The molecule has 12 heavy (non-hydrogen) atoms. The van der Waals surface area contributed by atoms with Gasteiger partial charge >= 0.3 is 5.69 Å². The second kappa shape index (κ2) is 2.77. The first-order valence-corrected chi connectivity index (χ1v) is 4.11. The molecule has 0 radical (unpaired) electrons. The molecule has 0 N–H and O–H groups in total. The molecule has 1 aromatic rings. The van der Waals surface area contributed by atoms with Crippen molar-refractivity contribution in [2.75, 3.05) is 0 Å². The Kier molecular flexibility index (Phi) is 2.08. The van der Waals surface area contributed by atoms with E-state index in [2.05, 4.69) is 5.10 Å². The van der Waals surface area contributed by atoms with Crippen molar-refractivity contribution in [3.63, 3.8) is 0 Å². The Balaban J connectivity index is 3.21. The van der Waals surface area contributed by atoms with Gasteiger partial charge in [-0.15, -0.1) is 0 Å². The molecule has 0 aliphatic rings. The van der Waals surface area contributed by atoms with E-state index in [0.29, 0.717) is 6.54 Å². The van der Waals surface area contributed by atoms with Gasteiger partial charge in [-0.2, -0.15) is 5.10 Å². The number of hydrogen-bond donors (Lipinski definition) is 0. The quantitative estimate of drug-likeness (QED) is 0.624. The summed E-state index contributed by atoms with van der Waals surface area (Å²) in [5, 5.41) is 4.02. The van der Waals surface area contributed by atoms with E-state index in [0.717, 1.165) is 0 Å². The maximum Gasteiger partial charge on any atom is 0.346 e. The Morgan fingerprint density at radius 2 is 2.08 bits per heavy atom. The molecule has 0 bridgehead atoms. The Morgan fingerprint density at radius 3 is 2.33 bits per heavy atom. The summed E-state index contributed by atoms with van der Waals surface area (Å²) in [6, 6.07) is 0. The third kappa shape index (κ3) is 1.42. The highest BCUT2D eigenvalue weighted by Gasteiger charge is 2.17. The van der Waals surface area contributed by atoms with E-state index in [-0.39, 0.29) is 11.2 Å². The Morgan fingerprint density at radius 1 is 1.50 bits per heavy atom. The van der Waals surface area contributed by atoms with Gasteiger partial charge < -0.3 is 0 Å². The zero-order chi connectivity index (χ0) is 9.35. The van der Waals surface area contributed by atoms with Crippen LogP contribution in [0.15, 0.2) is 11.1 Å². The smallest absolute Gasteiger partial charge is 0.282 e. The lowest BCUT2D eigenvalue weighted by Crippen LogP contribution is -2.35. The highest BCUT2D eigenvalue weighted by atomic mass is 16.2. The summed E-state index contributed by atoms with van der Waals surface area (Å²) >= 11 is 0. The van der Waals surface area contributed by atoms with Gasteiger partial charge in [-0.25, -0.2) is 9.48 Å². The summed E-state index contributed by atoms with van der Waals surface area (Å²) in [5.41, 5.74) is -0.262. The topological polar surface area (TPSA) is 39.8 Å². The van der Waals surface area contributed by atoms with Crippen molar-refractivity contribution in [3.05, 3.63) is 16.8 Å². The van der Waals surface area contributed by atoms with Crippen molar-refractivity contribution < 1.29 is 0 Å². The lowest BCUT2D eigenvalue weighted by molar-refractivity contribution is 0.340. The summed E-state index contributed by atoms with van der Waals surface area (Å²) < 4.78 is 3.09. The van der Waals surface area contributed by atoms with Crippen LogP contribution in [0, 0.1) is 0 Å². The molecule has 4 heteroatoms. The second-order valence-corrected chi connectivity index (χ2v) is 3.78. The van der Waals surface area contributed by atoms with Crippen LogP contribution < -0.4 is 5.69 Å². The lowest BCUT2D eigenvalue weighted by Gasteiger charge is -2.16. The highest BCUT2D eigenvalue weighted by Crippen LogP contribution is 2.07. The molecule has 0 saturated heterocycles. The van der Waals surface area contributed by atoms with Crippen molar-refractivity contribution in [2.45, 2.75) is 39.8 Å². The predicted octanol–water partition coefficient (Wildman–Crippen LogP) is 0.820. The third-order valence-electron chi connectivity index (χ3n) is 1.71. The Labute approximate surface area is 71.8 Å². The van der Waals surface area contributed by atoms with Gasteiger partial charge in [0.2, 0.25) is 0 Å². The molecule has 4 nitrogen and oxygen atoms in total. The molecule has 0 spiro atoms. The molecule has 1 rings (SSSR count). The van der Waals surface area contributed by atoms with Crippen LogP contribution >= 0.6 is 0 Å². The zero-order valence-corrected chi connectivity index (χ0v) is 8.03. The maximum atomic E-state index is 11.5. The molecule has 0 amide bonds. The average molecular weight is 169 g/mol. The van der Waals surface area contributed by atoms with Crippen molar-refractivity contribution in [1.82, 2.24) is 14.3 Å². The summed E-state index contributed by atoms with van der Waals surface area (Å²) in [5.74, 6) is 0. The molecule has 0 unspecified atom stereocenters. The van der Waals surface area contributed by atoms with Crippen molar-refractivity contribution >= 4 is 0 Å². The summed E-state index contributed by atoms with van der Waals surface area (Å²) in [4.78, 5) is 11.5. The van der Waals surface area contributed by atoms with Gasteiger partial charge in [-0.05, 0) is 27.7 Å². The van der Waals surface area contributed by atoms with E-state index in [9.17, 15) is 4.79 Å². The molecule has 68 valence electrons. The van der Waals surface area contributed by atoms with Crippen LogP contribution in [0.3, 0.4) is 0 Å². The molecular formula is C8H15N3O. The minimum Gasteiger partial charge on any atom is -0.282 e. The minimum absolute atomic E-state index is 0.0370. The summed E-state index contributed by atoms with van der Waals surface area (Å²) in [6.07, 6.45) is 1.58. The number of hydrogen-bond acceptors (Lipinski definition) is 2. The van der Waals surface area contributed by atoms with Gasteiger partial charge in [0, 0.05) is 6.54 Å². The number of rotatable bonds is 1. The highest BCUT2D eigenvalue weighted by molar-refractivity contribution is 4.76. The van der Waals surface area contributed by atoms with Gasteiger partial charge in [0.1, 0.15) is 6.33 Å². The number of aromatic nitrogens is 3. The molecule has 1 aromatic heterocycles. The van der Waals surface area contributed by atoms with Crippen molar-refractivity contribution in [2.24, 2.45) is 0 Å². The minimum atomic E-state index is -0.225. The van der Waals surface area contributed by atoms with Crippen LogP contribution in [-0.4, -0.2) is 14.3 Å². The van der Waals surface area contributed by atoms with E-state index in [1.807, 2.05) is 27.7 Å². The van der Waals surface area contributed by atoms with E-state index < -0.39 is 0 Å². The summed E-state index contributed by atoms with van der Waals surface area (Å²) in [7, 11) is 0. The molecule has 0 aromatic carbocycles. The van der Waals surface area contributed by atoms with E-state index in [4.69, 9.17) is 0 Å². The van der Waals surface area contributed by atoms with E-state index in [1.165, 1.54) is 4.68 Å². The molecular weight excluding hydrogens is 154 g/mol. The normalized spacial score (nSPS) is 12.0. The fourth-order valence-corrected chi connectivity index (χ4v) is 1.01. The van der Waals surface area contributed by atoms with Crippen LogP contribution in [0.2, 0.25) is 0 Å². The van der Waals surface area contributed by atoms with Gasteiger partial charge in [0.05, 0.1) is 5.54 Å². The molecule has 0 saturated carbocycles. The second-order valence-electron chi connectivity index (χ2n) is 3.78. The third-order valence-corrected chi connectivity index (χ3v) is 1.71. The zero-order valence-electron chi connectivity index (χ0n) is 8.03. The number of nitrogens with zero attached hydrogens (tertiary/aromatic N) is 3. The van der Waals surface area contributed by atoms with Crippen LogP contribution in [-0.2, 0) is 12.1 Å². The first-order chi connectivity index (χ1) is 5.46. The van der Waals surface area contributed by atoms with Gasteiger partial charge in [0.15, 0.2) is 0 Å². The van der Waals surface area contributed by atoms with Crippen molar-refractivity contribution in [1.29, 1.82) is 0 Å². The Hall–Kier alpha value is -1.06. The molecule has 0 fully saturated rings. The van der Waals surface area contributed by atoms with Crippen LogP contribution in [0.1, 0.15) is 27.7 Å². The largest absolute Gasteiger partial charge is 0.346 e. The van der Waals surface area contributed by atoms with Gasteiger partial charge in [0.25, 0.3) is 0 Å². The lowest BCUT2D eigenvalue weighted by atomic mass is 10.1. The van der Waals surface area contributed by atoms with Crippen LogP contribution in [0.5, 0.6) is 0 Å². The van der Waals surface area contributed by atoms with Gasteiger partial charge in [-0.3, -0.25) is 4.57 Å². The molecule has 0 atom stereocenters. The average Bonchev–Trinajstić information content (AvgIpc) is 2.29. The van der Waals surface area contributed by atoms with E-state index in [1.54, 1.807) is 10.9 Å². The van der Waals surface area contributed by atoms with Gasteiger partial charge in [-0.1, -0.05) is 0 Å². The molecule has 1 heterocycles.